The van der Waals surface area contributed by atoms with Crippen LogP contribution in [0.3, 0.4) is 0 Å². The normalized spacial score (nSPS) is 18.4. The van der Waals surface area contributed by atoms with Crippen LogP contribution in [-0.4, -0.2) is 50.5 Å². The van der Waals surface area contributed by atoms with Crippen LogP contribution in [0.25, 0.3) is 0 Å². The van der Waals surface area contributed by atoms with Crippen LogP contribution >= 0.6 is 12.6 Å². The summed E-state index contributed by atoms with van der Waals surface area (Å²) in [4.78, 5) is 10.3. The lowest BCUT2D eigenvalue weighted by Crippen LogP contribution is -2.40. The zero-order valence-electron chi connectivity index (χ0n) is 6.29. The van der Waals surface area contributed by atoms with E-state index in [1.54, 1.807) is 0 Å². The molecule has 0 aromatic carbocycles. The van der Waals surface area contributed by atoms with Gasteiger partial charge < -0.3 is 20.4 Å². The van der Waals surface area contributed by atoms with Gasteiger partial charge in [0.25, 0.3) is 0 Å². The monoisotopic (exact) mass is 196 g/mol. The van der Waals surface area contributed by atoms with Crippen LogP contribution in [0, 0.1) is 0 Å². The molecule has 0 amide bonds. The molecule has 4 N–H and O–H groups in total. The molecule has 0 spiro atoms. The number of hydrogen-bond donors (Lipinski definition) is 5. The Labute approximate surface area is 75.1 Å². The molecule has 0 saturated carbocycles. The Kier molecular flexibility index (Phi) is 5.43. The summed E-state index contributed by atoms with van der Waals surface area (Å²) < 4.78 is 0. The molecule has 0 aliphatic carbocycles. The minimum absolute atomic E-state index is 0.360. The number of aliphatic hydroxyl groups excluding tert-OH is 4. The van der Waals surface area contributed by atoms with Gasteiger partial charge in [-0.2, -0.15) is 0 Å². The minimum Gasteiger partial charge on any atom is -0.394 e. The van der Waals surface area contributed by atoms with Crippen LogP contribution in [0.15, 0.2) is 0 Å². The van der Waals surface area contributed by atoms with E-state index in [4.69, 9.17) is 20.4 Å². The lowest BCUT2D eigenvalue weighted by atomic mass is 10.1. The summed E-state index contributed by atoms with van der Waals surface area (Å²) in [6.07, 6.45) is -4.71. The second-order valence-corrected chi connectivity index (χ2v) is 2.90. The average molecular weight is 196 g/mol. The lowest BCUT2D eigenvalue weighted by Gasteiger charge is -2.19. The molecule has 0 saturated heterocycles. The van der Waals surface area contributed by atoms with Gasteiger partial charge in [-0.15, -0.1) is 12.6 Å². The molecule has 0 heterocycles. The van der Waals surface area contributed by atoms with Crippen LogP contribution < -0.4 is 0 Å². The van der Waals surface area contributed by atoms with E-state index in [0.717, 1.165) is 0 Å². The fourth-order valence-corrected chi connectivity index (χ4v) is 0.851. The third kappa shape index (κ3) is 4.03. The van der Waals surface area contributed by atoms with Crippen LogP contribution in [0.5, 0.6) is 0 Å². The summed E-state index contributed by atoms with van der Waals surface area (Å²) in [5.41, 5.74) is 0. The number of carbonyl (C=O) groups is 1. The van der Waals surface area contributed by atoms with E-state index >= 15 is 0 Å². The number of aliphatic hydroxyl groups is 4. The molecule has 0 rings (SSSR count). The van der Waals surface area contributed by atoms with Crippen molar-refractivity contribution in [2.24, 2.45) is 0 Å². The fourth-order valence-electron chi connectivity index (χ4n) is 0.664. The zero-order valence-corrected chi connectivity index (χ0v) is 7.19. The Morgan fingerprint density at radius 3 is 2.08 bits per heavy atom. The lowest BCUT2D eigenvalue weighted by molar-refractivity contribution is -0.118. The summed E-state index contributed by atoms with van der Waals surface area (Å²) in [6.45, 7) is -0.668. The number of hydrogen-bond acceptors (Lipinski definition) is 5. The zero-order chi connectivity index (χ0) is 9.72. The highest BCUT2D eigenvalue weighted by molar-refractivity contribution is 7.96. The highest BCUT2D eigenvalue weighted by Gasteiger charge is 2.24. The van der Waals surface area contributed by atoms with E-state index in [-0.39, 0.29) is 6.42 Å². The SMILES string of the molecule is O=C(S)C[C@@H](O)[C@@H](O)[C@H](O)CO. The number of rotatable bonds is 5. The average Bonchev–Trinajstić information content (AvgIpc) is 2.00. The van der Waals surface area contributed by atoms with Crippen LogP contribution in [0.2, 0.25) is 0 Å². The van der Waals surface area contributed by atoms with Gasteiger partial charge >= 0.3 is 0 Å². The molecule has 6 heteroatoms. The second kappa shape index (κ2) is 5.50. The molecule has 0 unspecified atom stereocenters. The Hall–Kier alpha value is -0.140. The first kappa shape index (κ1) is 11.9. The van der Waals surface area contributed by atoms with Crippen LogP contribution in [0.1, 0.15) is 6.42 Å². The smallest absolute Gasteiger partial charge is 0.188 e. The topological polar surface area (TPSA) is 98.0 Å². The molecule has 0 aromatic heterocycles. The van der Waals surface area contributed by atoms with Gasteiger partial charge in [0.05, 0.1) is 12.7 Å². The molecule has 0 aliphatic heterocycles. The van der Waals surface area contributed by atoms with Crippen molar-refractivity contribution in [1.29, 1.82) is 0 Å². The summed E-state index contributed by atoms with van der Waals surface area (Å²) >= 11 is 3.38. The molecule has 0 bridgehead atoms. The standard InChI is InChI=1S/C6H12O5S/c7-2-4(9)6(11)3(8)1-5(10)12/h3-4,6-9,11H,1-2H2,(H,10,12)/t3-,4-,6-/m1/s1. The van der Waals surface area contributed by atoms with Crippen LogP contribution in [-0.2, 0) is 4.79 Å². The number of carbonyl (C=O) groups excluding carboxylic acids is 1. The Balaban J connectivity index is 3.91. The maximum Gasteiger partial charge on any atom is 0.188 e. The van der Waals surface area contributed by atoms with Gasteiger partial charge in [-0.05, 0) is 0 Å². The van der Waals surface area contributed by atoms with E-state index in [2.05, 4.69) is 12.6 Å². The molecule has 72 valence electrons. The quantitative estimate of drug-likeness (QED) is 0.325. The second-order valence-electron chi connectivity index (χ2n) is 2.41. The molecular formula is C6H12O5S. The third-order valence-corrected chi connectivity index (χ3v) is 1.54. The first-order valence-corrected chi connectivity index (χ1v) is 3.80. The van der Waals surface area contributed by atoms with Crippen molar-refractivity contribution < 1.29 is 25.2 Å². The van der Waals surface area contributed by atoms with Gasteiger partial charge in [0.2, 0.25) is 0 Å². The Morgan fingerprint density at radius 2 is 1.75 bits per heavy atom. The molecule has 3 atom stereocenters. The van der Waals surface area contributed by atoms with Gasteiger partial charge in [-0.3, -0.25) is 4.79 Å². The summed E-state index contributed by atoms with van der Waals surface area (Å²) in [5, 5.41) is 34.6. The molecule has 0 radical (unpaired) electrons. The molecule has 0 fully saturated rings. The molecule has 0 aromatic rings. The van der Waals surface area contributed by atoms with Crippen molar-refractivity contribution >= 4 is 17.7 Å². The maximum atomic E-state index is 10.3. The van der Waals surface area contributed by atoms with Crippen molar-refractivity contribution in [3.8, 4) is 0 Å². The Bertz CT molecular complexity index is 151. The first-order valence-electron chi connectivity index (χ1n) is 3.36. The number of thiol groups is 1. The van der Waals surface area contributed by atoms with E-state index < -0.39 is 30.0 Å². The highest BCUT2D eigenvalue weighted by Crippen LogP contribution is 2.05. The van der Waals surface area contributed by atoms with Gasteiger partial charge in [0.1, 0.15) is 12.2 Å². The van der Waals surface area contributed by atoms with E-state index in [1.165, 1.54) is 0 Å². The van der Waals surface area contributed by atoms with E-state index in [1.807, 2.05) is 0 Å². The third-order valence-electron chi connectivity index (χ3n) is 1.36. The van der Waals surface area contributed by atoms with Crippen molar-refractivity contribution in [1.82, 2.24) is 0 Å². The first-order chi connectivity index (χ1) is 5.49. The summed E-state index contributed by atoms with van der Waals surface area (Å²) in [6, 6.07) is 0. The molecule has 0 aliphatic rings. The summed E-state index contributed by atoms with van der Waals surface area (Å²) in [5.74, 6) is 0. The van der Waals surface area contributed by atoms with E-state index in [9.17, 15) is 4.79 Å². The highest BCUT2D eigenvalue weighted by atomic mass is 32.1. The van der Waals surface area contributed by atoms with Gasteiger partial charge in [0.15, 0.2) is 5.12 Å². The van der Waals surface area contributed by atoms with Crippen molar-refractivity contribution in [3.63, 3.8) is 0 Å². The van der Waals surface area contributed by atoms with Crippen LogP contribution in [0.4, 0.5) is 0 Å². The summed E-state index contributed by atoms with van der Waals surface area (Å²) in [7, 11) is 0. The predicted octanol–water partition coefficient (Wildman–Crippen LogP) is -2.09. The van der Waals surface area contributed by atoms with Crippen molar-refractivity contribution in [2.45, 2.75) is 24.7 Å². The van der Waals surface area contributed by atoms with Gasteiger partial charge in [-0.25, -0.2) is 0 Å². The molecule has 12 heavy (non-hydrogen) atoms. The van der Waals surface area contributed by atoms with Gasteiger partial charge in [-0.1, -0.05) is 0 Å². The maximum absolute atomic E-state index is 10.3. The Morgan fingerprint density at radius 1 is 1.25 bits per heavy atom. The fraction of sp³-hybridized carbons (Fsp3) is 0.833. The van der Waals surface area contributed by atoms with E-state index in [0.29, 0.717) is 0 Å². The predicted molar refractivity (Wildman–Crippen MR) is 43.7 cm³/mol. The van der Waals surface area contributed by atoms with Crippen molar-refractivity contribution in [3.05, 3.63) is 0 Å². The largest absolute Gasteiger partial charge is 0.394 e. The van der Waals surface area contributed by atoms with Crippen molar-refractivity contribution in [2.75, 3.05) is 6.61 Å². The van der Waals surface area contributed by atoms with Gasteiger partial charge in [0, 0.05) is 6.42 Å². The minimum atomic E-state index is -1.52. The molecular weight excluding hydrogens is 184 g/mol. The molecule has 5 nitrogen and oxygen atoms in total.